The minimum absolute atomic E-state index is 0.176. The molecule has 0 amide bonds. The summed E-state index contributed by atoms with van der Waals surface area (Å²) in [6.07, 6.45) is 1.46. The first kappa shape index (κ1) is 16.1. The Balaban J connectivity index is 5.01. The summed E-state index contributed by atoms with van der Waals surface area (Å²) >= 11 is 0. The highest BCUT2D eigenvalue weighted by Gasteiger charge is 2.27. The Hall–Kier alpha value is -0.860. The van der Waals surface area contributed by atoms with Crippen molar-refractivity contribution >= 4 is 5.97 Å². The molecule has 0 aromatic rings. The molecule has 0 radical (unpaired) electrons. The van der Waals surface area contributed by atoms with Gasteiger partial charge in [0.05, 0.1) is 11.7 Å². The van der Waals surface area contributed by atoms with Gasteiger partial charge in [0.15, 0.2) is 0 Å². The summed E-state index contributed by atoms with van der Waals surface area (Å²) in [6.45, 7) is 11.0. The van der Waals surface area contributed by atoms with Crippen molar-refractivity contribution < 1.29 is 13.9 Å². The number of hydrogen-bond donors (Lipinski definition) is 0. The third-order valence-corrected chi connectivity index (χ3v) is 2.56. The lowest BCUT2D eigenvalue weighted by Crippen LogP contribution is -2.29. The van der Waals surface area contributed by atoms with Gasteiger partial charge in [0, 0.05) is 0 Å². The summed E-state index contributed by atoms with van der Waals surface area (Å²) in [6, 6.07) is 0. The average molecular weight is 244 g/mol. The molecule has 0 aliphatic rings. The molecule has 0 aromatic heterocycles. The fourth-order valence-electron chi connectivity index (χ4n) is 1.78. The van der Waals surface area contributed by atoms with Crippen LogP contribution in [0.25, 0.3) is 0 Å². The lowest BCUT2D eigenvalue weighted by molar-refractivity contribution is -0.158. The molecule has 17 heavy (non-hydrogen) atoms. The molecule has 3 heteroatoms. The zero-order valence-corrected chi connectivity index (χ0v) is 11.9. The molecule has 0 aliphatic heterocycles. The molecule has 2 nitrogen and oxygen atoms in total. The number of ether oxygens (including phenoxy) is 1. The molecule has 0 saturated heterocycles. The Morgan fingerprint density at radius 3 is 2.00 bits per heavy atom. The van der Waals surface area contributed by atoms with E-state index in [-0.39, 0.29) is 11.8 Å². The topological polar surface area (TPSA) is 26.3 Å². The van der Waals surface area contributed by atoms with E-state index in [0.29, 0.717) is 24.8 Å². The highest BCUT2D eigenvalue weighted by Crippen LogP contribution is 2.27. The number of carbonyl (C=O) groups is 1. The van der Waals surface area contributed by atoms with Crippen LogP contribution in [0.4, 0.5) is 4.39 Å². The third kappa shape index (κ3) is 5.33. The summed E-state index contributed by atoms with van der Waals surface area (Å²) < 4.78 is 19.0. The van der Waals surface area contributed by atoms with Crippen LogP contribution in [0.1, 0.15) is 60.8 Å². The van der Waals surface area contributed by atoms with Gasteiger partial charge in [-0.3, -0.25) is 4.79 Å². The molecule has 0 spiro atoms. The average Bonchev–Trinajstić information content (AvgIpc) is 2.21. The number of hydrogen-bond acceptors (Lipinski definition) is 2. The monoisotopic (exact) mass is 244 g/mol. The Labute approximate surface area is 104 Å². The molecule has 0 aliphatic carbocycles. The van der Waals surface area contributed by atoms with Gasteiger partial charge in [0.25, 0.3) is 0 Å². The van der Waals surface area contributed by atoms with E-state index in [4.69, 9.17) is 4.74 Å². The lowest BCUT2D eigenvalue weighted by Gasteiger charge is -2.24. The van der Waals surface area contributed by atoms with Gasteiger partial charge >= 0.3 is 5.97 Å². The highest BCUT2D eigenvalue weighted by atomic mass is 19.1. The fourth-order valence-corrected chi connectivity index (χ4v) is 1.78. The van der Waals surface area contributed by atoms with E-state index < -0.39 is 11.5 Å². The molecule has 1 atom stereocenters. The van der Waals surface area contributed by atoms with Crippen molar-refractivity contribution in [2.45, 2.75) is 66.4 Å². The van der Waals surface area contributed by atoms with Gasteiger partial charge in [-0.05, 0) is 45.6 Å². The maximum atomic E-state index is 13.7. The molecule has 100 valence electrons. The first-order valence-electron chi connectivity index (χ1n) is 6.37. The van der Waals surface area contributed by atoms with E-state index in [1.165, 1.54) is 0 Å². The Kier molecular flexibility index (Phi) is 6.43. The smallest absolute Gasteiger partial charge is 0.313 e. The van der Waals surface area contributed by atoms with Crippen LogP contribution in [0, 0.1) is 5.92 Å². The number of carbonyl (C=O) groups excluding carboxylic acids is 1. The third-order valence-electron chi connectivity index (χ3n) is 2.56. The van der Waals surface area contributed by atoms with Gasteiger partial charge < -0.3 is 4.74 Å². The van der Waals surface area contributed by atoms with Gasteiger partial charge in [-0.1, -0.05) is 20.8 Å². The van der Waals surface area contributed by atoms with Crippen molar-refractivity contribution in [3.63, 3.8) is 0 Å². The predicted molar refractivity (Wildman–Crippen MR) is 68.3 cm³/mol. The summed E-state index contributed by atoms with van der Waals surface area (Å²) in [7, 11) is 0. The van der Waals surface area contributed by atoms with Crippen molar-refractivity contribution in [1.82, 2.24) is 0 Å². The molecule has 0 heterocycles. The summed E-state index contributed by atoms with van der Waals surface area (Å²) in [4.78, 5) is 12.0. The zero-order chi connectivity index (χ0) is 13.6. The standard InChI is InChI=1S/C14H25FO2/c1-7-10(12(15)9-3)11(8-2)13(16)17-14(4,5)6/h11H,7-9H2,1-6H3/b12-10-. The predicted octanol–water partition coefficient (Wildman–Crippen LogP) is 4.40. The molecular weight excluding hydrogens is 219 g/mol. The molecular formula is C14H25FO2. The first-order chi connectivity index (χ1) is 7.76. The molecule has 0 N–H and O–H groups in total. The second kappa shape index (κ2) is 6.77. The first-order valence-corrected chi connectivity index (χ1v) is 6.37. The van der Waals surface area contributed by atoms with E-state index in [9.17, 15) is 9.18 Å². The van der Waals surface area contributed by atoms with Gasteiger partial charge in [-0.2, -0.15) is 0 Å². The minimum atomic E-state index is -0.522. The van der Waals surface area contributed by atoms with Crippen molar-refractivity contribution in [3.05, 3.63) is 11.4 Å². The van der Waals surface area contributed by atoms with Crippen LogP contribution in [0.15, 0.2) is 11.4 Å². The van der Waals surface area contributed by atoms with Crippen LogP contribution < -0.4 is 0 Å². The highest BCUT2D eigenvalue weighted by molar-refractivity contribution is 5.76. The maximum absolute atomic E-state index is 13.7. The number of esters is 1. The molecule has 0 aromatic carbocycles. The van der Waals surface area contributed by atoms with Gasteiger partial charge in [0.1, 0.15) is 5.60 Å². The van der Waals surface area contributed by atoms with Crippen LogP contribution in [0.2, 0.25) is 0 Å². The Morgan fingerprint density at radius 1 is 1.18 bits per heavy atom. The van der Waals surface area contributed by atoms with Gasteiger partial charge in [-0.15, -0.1) is 0 Å². The van der Waals surface area contributed by atoms with Crippen LogP contribution in [-0.2, 0) is 9.53 Å². The molecule has 0 bridgehead atoms. The Bertz CT molecular complexity index is 287. The van der Waals surface area contributed by atoms with Gasteiger partial charge in [0.2, 0.25) is 0 Å². The summed E-state index contributed by atoms with van der Waals surface area (Å²) in [5.41, 5.74) is 0.0655. The van der Waals surface area contributed by atoms with Crippen molar-refractivity contribution in [2.24, 2.45) is 5.92 Å². The van der Waals surface area contributed by atoms with Gasteiger partial charge in [-0.25, -0.2) is 4.39 Å². The fraction of sp³-hybridized carbons (Fsp3) is 0.786. The largest absolute Gasteiger partial charge is 0.460 e. The van der Waals surface area contributed by atoms with E-state index in [2.05, 4.69) is 0 Å². The van der Waals surface area contributed by atoms with Crippen LogP contribution >= 0.6 is 0 Å². The van der Waals surface area contributed by atoms with Crippen molar-refractivity contribution in [1.29, 1.82) is 0 Å². The number of rotatable bonds is 5. The molecule has 0 saturated carbocycles. The Morgan fingerprint density at radius 2 is 1.71 bits per heavy atom. The van der Waals surface area contributed by atoms with Crippen LogP contribution in [0.5, 0.6) is 0 Å². The molecule has 1 unspecified atom stereocenters. The number of allylic oxidation sites excluding steroid dienone is 1. The minimum Gasteiger partial charge on any atom is -0.460 e. The van der Waals surface area contributed by atoms with E-state index in [1.54, 1.807) is 6.92 Å². The summed E-state index contributed by atoms with van der Waals surface area (Å²) in [5.74, 6) is -0.940. The van der Waals surface area contributed by atoms with E-state index in [0.717, 1.165) is 0 Å². The van der Waals surface area contributed by atoms with Crippen LogP contribution in [0.3, 0.4) is 0 Å². The van der Waals surface area contributed by atoms with E-state index >= 15 is 0 Å². The molecule has 0 rings (SSSR count). The molecule has 0 fully saturated rings. The SMILES string of the molecule is CC/C(F)=C(\CC)C(CC)C(=O)OC(C)(C)C. The lowest BCUT2D eigenvalue weighted by atomic mass is 9.92. The number of halogens is 1. The maximum Gasteiger partial charge on any atom is 0.313 e. The van der Waals surface area contributed by atoms with Crippen molar-refractivity contribution in [3.8, 4) is 0 Å². The van der Waals surface area contributed by atoms with Crippen LogP contribution in [-0.4, -0.2) is 11.6 Å². The second-order valence-electron chi connectivity index (χ2n) is 5.13. The van der Waals surface area contributed by atoms with E-state index in [1.807, 2.05) is 34.6 Å². The zero-order valence-electron chi connectivity index (χ0n) is 11.9. The van der Waals surface area contributed by atoms with Crippen molar-refractivity contribution in [2.75, 3.05) is 0 Å². The second-order valence-corrected chi connectivity index (χ2v) is 5.13. The quantitative estimate of drug-likeness (QED) is 0.670. The summed E-state index contributed by atoms with van der Waals surface area (Å²) in [5, 5.41) is 0. The normalized spacial score (nSPS) is 15.2.